The fourth-order valence-electron chi connectivity index (χ4n) is 3.01. The third-order valence-corrected chi connectivity index (χ3v) is 4.60. The maximum absolute atomic E-state index is 11.1. The number of unbranched alkanes of at least 4 members (excludes halogenated alkanes) is 15. The minimum Gasteiger partial charge on any atom is -0.545 e. The number of aliphatic carboxylic acids is 1. The normalized spacial score (nSPS) is 10.9. The molecule has 0 amide bonds. The van der Waals surface area contributed by atoms with Gasteiger partial charge in [0.05, 0.1) is 12.6 Å². The third kappa shape index (κ3) is 43.6. The average Bonchev–Trinajstić information content (AvgIpc) is 2.67. The molecule has 0 heterocycles. The van der Waals surface area contributed by atoms with Crippen molar-refractivity contribution in [1.82, 2.24) is 0 Å². The molecular formula is C22H42NaO8P. The molecule has 0 spiro atoms. The summed E-state index contributed by atoms with van der Waals surface area (Å²) in [7, 11) is -4.64. The van der Waals surface area contributed by atoms with E-state index in [1.54, 1.807) is 0 Å². The molecule has 0 radical (unpaired) electrons. The molecule has 0 aromatic heterocycles. The van der Waals surface area contributed by atoms with Gasteiger partial charge in [-0.05, 0) is 12.5 Å². The van der Waals surface area contributed by atoms with Crippen LogP contribution in [-0.2, 0) is 18.9 Å². The van der Waals surface area contributed by atoms with Crippen LogP contribution in [0.2, 0.25) is 0 Å². The van der Waals surface area contributed by atoms with Gasteiger partial charge in [0.15, 0.2) is 0 Å². The Kier molecular flexibility index (Phi) is 30.7. The molecule has 0 saturated heterocycles. The van der Waals surface area contributed by atoms with Crippen LogP contribution in [0.3, 0.4) is 0 Å². The summed E-state index contributed by atoms with van der Waals surface area (Å²) in [6, 6.07) is 0. The van der Waals surface area contributed by atoms with Gasteiger partial charge in [0.2, 0.25) is 0 Å². The summed E-state index contributed by atoms with van der Waals surface area (Å²) in [6.45, 7) is 2.62. The number of ether oxygens (including phenoxy) is 1. The third-order valence-electron chi connectivity index (χ3n) is 4.60. The predicted molar refractivity (Wildman–Crippen MR) is 119 cm³/mol. The molecule has 0 fully saturated rings. The summed E-state index contributed by atoms with van der Waals surface area (Å²) < 4.78 is 13.8. The molecule has 10 heteroatoms. The van der Waals surface area contributed by atoms with Crippen molar-refractivity contribution in [3.63, 3.8) is 0 Å². The number of carbonyl (C=O) groups excluding carboxylic acids is 2. The van der Waals surface area contributed by atoms with Gasteiger partial charge in [-0.3, -0.25) is 0 Å². The van der Waals surface area contributed by atoms with Crippen molar-refractivity contribution in [3.05, 3.63) is 12.2 Å². The number of carboxylic acid groups (broad SMARTS) is 1. The molecule has 0 aliphatic heterocycles. The summed E-state index contributed by atoms with van der Waals surface area (Å²) >= 11 is 0. The summed E-state index contributed by atoms with van der Waals surface area (Å²) in [5, 5.41) is 10.1. The number of carbonyl (C=O) groups is 2. The Balaban J connectivity index is -0.00000125. The van der Waals surface area contributed by atoms with Gasteiger partial charge in [-0.1, -0.05) is 103 Å². The van der Waals surface area contributed by atoms with E-state index in [4.69, 9.17) is 24.0 Å². The Bertz CT molecular complexity index is 500. The van der Waals surface area contributed by atoms with E-state index in [0.29, 0.717) is 12.7 Å². The molecule has 8 nitrogen and oxygen atoms in total. The first-order chi connectivity index (χ1) is 14.7. The second-order valence-corrected chi connectivity index (χ2v) is 8.66. The number of rotatable bonds is 19. The van der Waals surface area contributed by atoms with Crippen molar-refractivity contribution in [2.75, 3.05) is 6.61 Å². The van der Waals surface area contributed by atoms with E-state index >= 15 is 0 Å². The first-order valence-electron chi connectivity index (χ1n) is 11.5. The van der Waals surface area contributed by atoms with Gasteiger partial charge < -0.3 is 29.3 Å². The molecule has 32 heavy (non-hydrogen) atoms. The zero-order valence-corrected chi connectivity index (χ0v) is 22.9. The Morgan fingerprint density at radius 3 is 1.34 bits per heavy atom. The van der Waals surface area contributed by atoms with Crippen molar-refractivity contribution in [1.29, 1.82) is 0 Å². The molecule has 0 bridgehead atoms. The number of esters is 1. The van der Waals surface area contributed by atoms with E-state index in [2.05, 4.69) is 6.92 Å². The van der Waals surface area contributed by atoms with Crippen LogP contribution in [0, 0.1) is 0 Å². The zero-order valence-electron chi connectivity index (χ0n) is 20.0. The summed E-state index contributed by atoms with van der Waals surface area (Å²) in [4.78, 5) is 42.8. The zero-order chi connectivity index (χ0) is 23.8. The van der Waals surface area contributed by atoms with E-state index in [0.717, 1.165) is 18.9 Å². The predicted octanol–water partition coefficient (Wildman–Crippen LogP) is 1.17. The van der Waals surface area contributed by atoms with Crippen LogP contribution >= 0.6 is 7.82 Å². The molecule has 0 saturated carbocycles. The molecule has 0 aliphatic rings. The van der Waals surface area contributed by atoms with Gasteiger partial charge in [-0.15, -0.1) is 0 Å². The summed E-state index contributed by atoms with van der Waals surface area (Å²) in [5.41, 5.74) is 0. The van der Waals surface area contributed by atoms with E-state index in [-0.39, 0.29) is 29.6 Å². The van der Waals surface area contributed by atoms with Crippen LogP contribution in [0.25, 0.3) is 0 Å². The molecule has 0 unspecified atom stereocenters. The van der Waals surface area contributed by atoms with E-state index < -0.39 is 19.8 Å². The average molecular weight is 489 g/mol. The topological polar surface area (TPSA) is 144 Å². The quantitative estimate of drug-likeness (QED) is 0.0808. The maximum Gasteiger partial charge on any atom is 1.00 e. The van der Waals surface area contributed by atoms with Crippen molar-refractivity contribution in [3.8, 4) is 0 Å². The fraction of sp³-hybridized carbons (Fsp3) is 0.818. The number of phosphoric acid groups is 1. The van der Waals surface area contributed by atoms with Gasteiger partial charge >= 0.3 is 43.3 Å². The standard InChI is InChI=1S/C22H40O4.Na.H3O4P/c1-2-3-4-5-6-7-8-9-10-11-12-13-14-15-16-17-20-26-22(25)19-18-21(23)24;;1-5(2,3)4/h18-19H,2-17,20H2,1H3,(H,23,24);;(H3,1,2,3,4)/q;+1;/p-1/b19-18+;;. The van der Waals surface area contributed by atoms with Crippen LogP contribution in [0.4, 0.5) is 0 Å². The van der Waals surface area contributed by atoms with E-state index in [9.17, 15) is 14.7 Å². The summed E-state index contributed by atoms with van der Waals surface area (Å²) in [5.74, 6) is -2.00. The minimum absolute atomic E-state index is 0. The van der Waals surface area contributed by atoms with E-state index in [1.807, 2.05) is 0 Å². The molecule has 0 atom stereocenters. The van der Waals surface area contributed by atoms with Gasteiger partial charge in [-0.25, -0.2) is 9.36 Å². The van der Waals surface area contributed by atoms with Crippen LogP contribution in [0.5, 0.6) is 0 Å². The Hall–Kier alpha value is -0.210. The summed E-state index contributed by atoms with van der Waals surface area (Å²) in [6.07, 6.45) is 22.4. The number of carboxylic acids is 1. The van der Waals surface area contributed by atoms with Crippen molar-refractivity contribution >= 4 is 19.8 Å². The first-order valence-corrected chi connectivity index (χ1v) is 13.1. The smallest absolute Gasteiger partial charge is 0.545 e. The van der Waals surface area contributed by atoms with Gasteiger partial charge in [0, 0.05) is 6.08 Å². The molecule has 0 rings (SSSR count). The number of hydrogen-bond acceptors (Lipinski definition) is 5. The molecule has 0 aromatic carbocycles. The van der Waals surface area contributed by atoms with Gasteiger partial charge in [0.25, 0.3) is 0 Å². The van der Waals surface area contributed by atoms with Crippen LogP contribution in [0.15, 0.2) is 12.2 Å². The van der Waals surface area contributed by atoms with Crippen molar-refractivity contribution in [2.45, 2.75) is 110 Å². The van der Waals surface area contributed by atoms with Crippen LogP contribution in [-0.4, -0.2) is 33.2 Å². The first kappa shape index (κ1) is 36.4. The van der Waals surface area contributed by atoms with Crippen molar-refractivity contribution in [2.24, 2.45) is 0 Å². The second-order valence-electron chi connectivity index (χ2n) is 7.64. The second kappa shape index (κ2) is 27.0. The molecule has 0 aliphatic carbocycles. The van der Waals surface area contributed by atoms with Crippen molar-refractivity contribution < 1.29 is 68.2 Å². The Morgan fingerprint density at radius 1 is 0.719 bits per heavy atom. The largest absolute Gasteiger partial charge is 1.00 e. The Labute approximate surface area is 215 Å². The minimum atomic E-state index is -4.64. The SMILES string of the molecule is CCCCCCCCCCCCCCCCCCOC(=O)/C=C/C(=O)[O-].O=P(O)(O)O.[Na+]. The molecule has 184 valence electrons. The van der Waals surface area contributed by atoms with Crippen LogP contribution < -0.4 is 34.7 Å². The number of hydrogen-bond donors (Lipinski definition) is 3. The fourth-order valence-corrected chi connectivity index (χ4v) is 3.01. The van der Waals surface area contributed by atoms with Crippen LogP contribution in [0.1, 0.15) is 110 Å². The Morgan fingerprint density at radius 2 is 1.03 bits per heavy atom. The molecule has 0 aromatic rings. The van der Waals surface area contributed by atoms with Gasteiger partial charge in [0.1, 0.15) is 0 Å². The van der Waals surface area contributed by atoms with Gasteiger partial charge in [-0.2, -0.15) is 0 Å². The maximum atomic E-state index is 11.1. The van der Waals surface area contributed by atoms with E-state index in [1.165, 1.54) is 89.9 Å². The monoisotopic (exact) mass is 488 g/mol. The molecular weight excluding hydrogens is 446 g/mol. The molecule has 3 N–H and O–H groups in total.